The Kier molecular flexibility index (Phi) is 2.87. The summed E-state index contributed by atoms with van der Waals surface area (Å²) in [6.45, 7) is 4.08. The quantitative estimate of drug-likeness (QED) is 0.800. The Hall–Kier alpha value is -2.58. The lowest BCUT2D eigenvalue weighted by molar-refractivity contribution is 0.0983. The van der Waals surface area contributed by atoms with Crippen LogP contribution >= 0.6 is 0 Å². The van der Waals surface area contributed by atoms with E-state index in [0.29, 0.717) is 17.0 Å². The Labute approximate surface area is 130 Å². The SMILES string of the molecule is CC(C)n1cnc2c(Nc3cnn(C4CC4(F)F)c3)ncnc21. The molecule has 0 saturated heterocycles. The van der Waals surface area contributed by atoms with E-state index in [1.165, 1.54) is 17.2 Å². The Morgan fingerprint density at radius 2 is 2.09 bits per heavy atom. The third-order valence-corrected chi connectivity index (χ3v) is 3.89. The number of aromatic nitrogens is 6. The average molecular weight is 319 g/mol. The van der Waals surface area contributed by atoms with Crippen molar-refractivity contribution in [2.24, 2.45) is 0 Å². The molecule has 0 aromatic carbocycles. The molecule has 1 unspecified atom stereocenters. The first-order valence-corrected chi connectivity index (χ1v) is 7.32. The summed E-state index contributed by atoms with van der Waals surface area (Å²) < 4.78 is 29.4. The lowest BCUT2D eigenvalue weighted by Crippen LogP contribution is -2.02. The predicted octanol–water partition coefficient (Wildman–Crippen LogP) is 2.93. The maximum Gasteiger partial charge on any atom is 0.272 e. The summed E-state index contributed by atoms with van der Waals surface area (Å²) in [5, 5.41) is 7.06. The van der Waals surface area contributed by atoms with Crippen LogP contribution in [0.1, 0.15) is 32.4 Å². The molecular formula is C14H15F2N7. The zero-order chi connectivity index (χ0) is 16.2. The van der Waals surface area contributed by atoms with Gasteiger partial charge in [0.25, 0.3) is 5.92 Å². The van der Waals surface area contributed by atoms with Crippen LogP contribution in [0.4, 0.5) is 20.3 Å². The third kappa shape index (κ3) is 2.32. The number of anilines is 2. The fourth-order valence-electron chi connectivity index (χ4n) is 2.52. The van der Waals surface area contributed by atoms with Crippen molar-refractivity contribution in [1.29, 1.82) is 0 Å². The number of nitrogens with zero attached hydrogens (tertiary/aromatic N) is 6. The van der Waals surface area contributed by atoms with Crippen LogP contribution in [0.25, 0.3) is 11.2 Å². The molecule has 3 heterocycles. The molecule has 1 aliphatic rings. The molecule has 1 saturated carbocycles. The van der Waals surface area contributed by atoms with E-state index in [1.54, 1.807) is 12.5 Å². The Balaban J connectivity index is 1.63. The molecule has 0 amide bonds. The number of hydrogen-bond acceptors (Lipinski definition) is 5. The van der Waals surface area contributed by atoms with Gasteiger partial charge < -0.3 is 9.88 Å². The van der Waals surface area contributed by atoms with Gasteiger partial charge in [0.15, 0.2) is 17.0 Å². The summed E-state index contributed by atoms with van der Waals surface area (Å²) in [7, 11) is 0. The summed E-state index contributed by atoms with van der Waals surface area (Å²) in [6, 6.07) is -0.619. The topological polar surface area (TPSA) is 73.5 Å². The lowest BCUT2D eigenvalue weighted by atomic mass is 10.4. The van der Waals surface area contributed by atoms with Gasteiger partial charge in [0.2, 0.25) is 0 Å². The molecule has 0 spiro atoms. The maximum absolute atomic E-state index is 13.1. The third-order valence-electron chi connectivity index (χ3n) is 3.89. The summed E-state index contributed by atoms with van der Waals surface area (Å²) in [5.41, 5.74) is 1.94. The summed E-state index contributed by atoms with van der Waals surface area (Å²) in [4.78, 5) is 12.8. The molecule has 1 atom stereocenters. The smallest absolute Gasteiger partial charge is 0.272 e. The molecule has 3 aromatic rings. The van der Waals surface area contributed by atoms with E-state index in [4.69, 9.17) is 0 Å². The molecule has 0 aliphatic heterocycles. The largest absolute Gasteiger partial charge is 0.336 e. The Morgan fingerprint density at radius 3 is 2.78 bits per heavy atom. The first-order valence-electron chi connectivity index (χ1n) is 7.32. The van der Waals surface area contributed by atoms with Crippen molar-refractivity contribution in [2.45, 2.75) is 38.3 Å². The highest BCUT2D eigenvalue weighted by molar-refractivity contribution is 5.84. The molecule has 4 rings (SSSR count). The van der Waals surface area contributed by atoms with Gasteiger partial charge in [0.05, 0.1) is 18.2 Å². The van der Waals surface area contributed by atoms with Crippen molar-refractivity contribution < 1.29 is 8.78 Å². The van der Waals surface area contributed by atoms with Gasteiger partial charge in [0.1, 0.15) is 12.4 Å². The van der Waals surface area contributed by atoms with Crippen LogP contribution < -0.4 is 5.32 Å². The Morgan fingerprint density at radius 1 is 1.30 bits per heavy atom. The number of halogens is 2. The summed E-state index contributed by atoms with van der Waals surface area (Å²) in [5.74, 6) is -2.13. The van der Waals surface area contributed by atoms with Crippen LogP contribution in [0.15, 0.2) is 25.0 Å². The predicted molar refractivity (Wildman–Crippen MR) is 79.8 cm³/mol. The molecule has 0 radical (unpaired) electrons. The van der Waals surface area contributed by atoms with Crippen molar-refractivity contribution in [1.82, 2.24) is 29.3 Å². The lowest BCUT2D eigenvalue weighted by Gasteiger charge is -2.07. The fourth-order valence-corrected chi connectivity index (χ4v) is 2.52. The molecular weight excluding hydrogens is 304 g/mol. The summed E-state index contributed by atoms with van der Waals surface area (Å²) in [6.07, 6.45) is 6.06. The van der Waals surface area contributed by atoms with Crippen LogP contribution in [-0.2, 0) is 0 Å². The molecule has 1 fully saturated rings. The highest BCUT2D eigenvalue weighted by Gasteiger charge is 2.59. The van der Waals surface area contributed by atoms with Gasteiger partial charge in [0, 0.05) is 18.7 Å². The zero-order valence-corrected chi connectivity index (χ0v) is 12.6. The molecule has 0 bridgehead atoms. The number of nitrogens with one attached hydrogen (secondary N) is 1. The maximum atomic E-state index is 13.1. The minimum Gasteiger partial charge on any atom is -0.336 e. The van der Waals surface area contributed by atoms with Crippen molar-refractivity contribution in [3.63, 3.8) is 0 Å². The van der Waals surface area contributed by atoms with Crippen LogP contribution in [-0.4, -0.2) is 35.2 Å². The molecule has 3 aromatic heterocycles. The number of fused-ring (bicyclic) bond motifs is 1. The monoisotopic (exact) mass is 319 g/mol. The number of hydrogen-bond donors (Lipinski definition) is 1. The van der Waals surface area contributed by atoms with Gasteiger partial charge >= 0.3 is 0 Å². The van der Waals surface area contributed by atoms with Crippen LogP contribution in [0, 0.1) is 0 Å². The average Bonchev–Trinajstić information content (AvgIpc) is 2.90. The van der Waals surface area contributed by atoms with E-state index in [-0.39, 0.29) is 12.5 Å². The van der Waals surface area contributed by atoms with Crippen LogP contribution in [0.3, 0.4) is 0 Å². The highest BCUT2D eigenvalue weighted by Crippen LogP contribution is 2.52. The standard InChI is InChI=1S/C14H15F2N7/c1-8(2)22-7-19-11-12(17-6-18-13(11)22)21-9-4-20-23(5-9)10-3-14(10,15)16/h4-8,10H,3H2,1-2H3,(H,17,18,21). The summed E-state index contributed by atoms with van der Waals surface area (Å²) >= 11 is 0. The van der Waals surface area contributed by atoms with E-state index >= 15 is 0 Å². The normalized spacial score (nSPS) is 19.4. The van der Waals surface area contributed by atoms with E-state index in [0.717, 1.165) is 5.65 Å². The second kappa shape index (κ2) is 4.71. The van der Waals surface area contributed by atoms with Crippen molar-refractivity contribution in [3.8, 4) is 0 Å². The number of alkyl halides is 2. The second-order valence-electron chi connectivity index (χ2n) is 5.96. The van der Waals surface area contributed by atoms with Crippen LogP contribution in [0.5, 0.6) is 0 Å². The first-order chi connectivity index (χ1) is 11.0. The fraction of sp³-hybridized carbons (Fsp3) is 0.429. The molecule has 23 heavy (non-hydrogen) atoms. The first kappa shape index (κ1) is 14.0. The zero-order valence-electron chi connectivity index (χ0n) is 12.6. The molecule has 7 nitrogen and oxygen atoms in total. The molecule has 9 heteroatoms. The molecule has 120 valence electrons. The second-order valence-corrected chi connectivity index (χ2v) is 5.96. The highest BCUT2D eigenvalue weighted by atomic mass is 19.3. The molecule has 1 aliphatic carbocycles. The van der Waals surface area contributed by atoms with E-state index in [1.807, 2.05) is 18.4 Å². The van der Waals surface area contributed by atoms with Crippen LogP contribution in [0.2, 0.25) is 0 Å². The van der Waals surface area contributed by atoms with Gasteiger partial charge in [-0.25, -0.2) is 23.7 Å². The van der Waals surface area contributed by atoms with E-state index in [9.17, 15) is 8.78 Å². The minimum absolute atomic E-state index is 0.162. The van der Waals surface area contributed by atoms with E-state index < -0.39 is 12.0 Å². The van der Waals surface area contributed by atoms with Gasteiger partial charge in [-0.1, -0.05) is 0 Å². The number of rotatable bonds is 4. The van der Waals surface area contributed by atoms with Gasteiger partial charge in [-0.05, 0) is 13.8 Å². The van der Waals surface area contributed by atoms with Gasteiger partial charge in [-0.15, -0.1) is 0 Å². The minimum atomic E-state index is -2.65. The van der Waals surface area contributed by atoms with Gasteiger partial charge in [-0.3, -0.25) is 4.68 Å². The van der Waals surface area contributed by atoms with E-state index in [2.05, 4.69) is 25.4 Å². The van der Waals surface area contributed by atoms with Crippen molar-refractivity contribution in [2.75, 3.05) is 5.32 Å². The molecule has 1 N–H and O–H groups in total. The van der Waals surface area contributed by atoms with Gasteiger partial charge in [-0.2, -0.15) is 5.10 Å². The Bertz CT molecular complexity index is 867. The van der Waals surface area contributed by atoms with Crippen molar-refractivity contribution >= 4 is 22.7 Å². The van der Waals surface area contributed by atoms with Crippen molar-refractivity contribution in [3.05, 3.63) is 25.0 Å². The number of imidazole rings is 1.